The molecule has 88 valence electrons. The van der Waals surface area contributed by atoms with Crippen molar-refractivity contribution >= 4 is 11.6 Å². The Balaban J connectivity index is 2.13. The van der Waals surface area contributed by atoms with Gasteiger partial charge in [0.05, 0.1) is 7.11 Å². The second-order valence-electron chi connectivity index (χ2n) is 4.47. The number of aryl methyl sites for hydroxylation is 1. The first-order valence-electron chi connectivity index (χ1n) is 5.58. The molecule has 0 saturated heterocycles. The van der Waals surface area contributed by atoms with Crippen LogP contribution in [0.5, 0.6) is 0 Å². The van der Waals surface area contributed by atoms with Crippen LogP contribution < -0.4 is 0 Å². The van der Waals surface area contributed by atoms with Gasteiger partial charge in [0, 0.05) is 6.20 Å². The SMILES string of the molecule is COC(=O)C1(c2nc3c(C)cccn3n2)CC1. The number of rotatable bonds is 2. The van der Waals surface area contributed by atoms with E-state index in [2.05, 4.69) is 10.1 Å². The van der Waals surface area contributed by atoms with E-state index < -0.39 is 5.41 Å². The fraction of sp³-hybridized carbons (Fsp3) is 0.417. The molecule has 5 heteroatoms. The number of methoxy groups -OCH3 is 1. The molecule has 0 atom stereocenters. The minimum Gasteiger partial charge on any atom is -0.468 e. The van der Waals surface area contributed by atoms with Crippen LogP contribution in [0.15, 0.2) is 18.3 Å². The van der Waals surface area contributed by atoms with Gasteiger partial charge in [0.2, 0.25) is 0 Å². The van der Waals surface area contributed by atoms with E-state index in [4.69, 9.17) is 4.74 Å². The van der Waals surface area contributed by atoms with Gasteiger partial charge in [-0.05, 0) is 31.4 Å². The standard InChI is InChI=1S/C12H13N3O2/c1-8-4-3-7-15-9(8)13-10(14-15)12(5-6-12)11(16)17-2/h3-4,7H,5-6H2,1-2H3. The predicted octanol–water partition coefficient (Wildman–Crippen LogP) is 1.24. The Labute approximate surface area is 98.4 Å². The van der Waals surface area contributed by atoms with Gasteiger partial charge >= 0.3 is 5.97 Å². The molecule has 0 amide bonds. The van der Waals surface area contributed by atoms with E-state index in [-0.39, 0.29) is 5.97 Å². The summed E-state index contributed by atoms with van der Waals surface area (Å²) < 4.78 is 6.55. The summed E-state index contributed by atoms with van der Waals surface area (Å²) in [6, 6.07) is 3.89. The van der Waals surface area contributed by atoms with Crippen molar-refractivity contribution in [1.82, 2.24) is 14.6 Å². The van der Waals surface area contributed by atoms with Crippen LogP contribution in [0.25, 0.3) is 5.65 Å². The van der Waals surface area contributed by atoms with Crippen LogP contribution in [-0.2, 0) is 14.9 Å². The van der Waals surface area contributed by atoms with Gasteiger partial charge in [-0.25, -0.2) is 9.50 Å². The number of nitrogens with zero attached hydrogens (tertiary/aromatic N) is 3. The Hall–Kier alpha value is -1.91. The Morgan fingerprint density at radius 1 is 1.53 bits per heavy atom. The number of fused-ring (bicyclic) bond motifs is 1. The molecule has 1 fully saturated rings. The number of aromatic nitrogens is 3. The molecule has 0 N–H and O–H groups in total. The normalized spacial score (nSPS) is 17.1. The van der Waals surface area contributed by atoms with E-state index in [0.717, 1.165) is 24.1 Å². The van der Waals surface area contributed by atoms with E-state index in [1.54, 1.807) is 4.52 Å². The lowest BCUT2D eigenvalue weighted by molar-refractivity contribution is -0.143. The summed E-state index contributed by atoms with van der Waals surface area (Å²) in [7, 11) is 1.41. The van der Waals surface area contributed by atoms with Crippen LogP contribution in [0.4, 0.5) is 0 Å². The average molecular weight is 231 g/mol. The van der Waals surface area contributed by atoms with Crippen molar-refractivity contribution in [1.29, 1.82) is 0 Å². The Morgan fingerprint density at radius 3 is 2.88 bits per heavy atom. The number of ether oxygens (including phenoxy) is 1. The van der Waals surface area contributed by atoms with E-state index in [1.165, 1.54) is 7.11 Å². The zero-order chi connectivity index (χ0) is 12.0. The molecule has 2 aromatic heterocycles. The molecule has 0 aliphatic heterocycles. The quantitative estimate of drug-likeness (QED) is 0.730. The second-order valence-corrected chi connectivity index (χ2v) is 4.47. The molecule has 3 rings (SSSR count). The summed E-state index contributed by atoms with van der Waals surface area (Å²) in [6.07, 6.45) is 3.39. The molecule has 0 bridgehead atoms. The number of hydrogen-bond donors (Lipinski definition) is 0. The van der Waals surface area contributed by atoms with Crippen LogP contribution in [0.3, 0.4) is 0 Å². The molecule has 2 heterocycles. The van der Waals surface area contributed by atoms with Gasteiger partial charge in [0.15, 0.2) is 11.5 Å². The number of carbonyl (C=O) groups excluding carboxylic acids is 1. The maximum Gasteiger partial charge on any atom is 0.319 e. The molecular formula is C12H13N3O2. The summed E-state index contributed by atoms with van der Waals surface area (Å²) in [5.74, 6) is 0.352. The zero-order valence-electron chi connectivity index (χ0n) is 9.80. The second kappa shape index (κ2) is 3.29. The summed E-state index contributed by atoms with van der Waals surface area (Å²) in [6.45, 7) is 1.98. The lowest BCUT2D eigenvalue weighted by Crippen LogP contribution is -2.23. The molecule has 0 unspecified atom stereocenters. The van der Waals surface area contributed by atoms with Crippen molar-refractivity contribution in [3.05, 3.63) is 29.7 Å². The van der Waals surface area contributed by atoms with E-state index >= 15 is 0 Å². The highest BCUT2D eigenvalue weighted by Gasteiger charge is 2.56. The largest absolute Gasteiger partial charge is 0.468 e. The molecule has 2 aromatic rings. The van der Waals surface area contributed by atoms with Gasteiger partial charge in [0.25, 0.3) is 0 Å². The first-order chi connectivity index (χ1) is 8.17. The molecule has 1 aliphatic carbocycles. The first kappa shape index (κ1) is 10.3. The Morgan fingerprint density at radius 2 is 2.29 bits per heavy atom. The topological polar surface area (TPSA) is 56.5 Å². The van der Waals surface area contributed by atoms with Gasteiger partial charge in [-0.15, -0.1) is 0 Å². The number of esters is 1. The third-order valence-electron chi connectivity index (χ3n) is 3.31. The molecule has 5 nitrogen and oxygen atoms in total. The van der Waals surface area contributed by atoms with Crippen molar-refractivity contribution in [2.45, 2.75) is 25.2 Å². The van der Waals surface area contributed by atoms with Gasteiger partial charge in [0.1, 0.15) is 5.41 Å². The van der Waals surface area contributed by atoms with Gasteiger partial charge < -0.3 is 4.74 Å². The number of pyridine rings is 1. The highest BCUT2D eigenvalue weighted by Crippen LogP contribution is 2.47. The molecule has 1 aliphatic rings. The lowest BCUT2D eigenvalue weighted by atomic mass is 10.1. The van der Waals surface area contributed by atoms with Crippen LogP contribution in [-0.4, -0.2) is 27.7 Å². The van der Waals surface area contributed by atoms with Crippen LogP contribution in [0.2, 0.25) is 0 Å². The summed E-state index contributed by atoms with van der Waals surface area (Å²) in [5, 5.41) is 4.38. The third-order valence-corrected chi connectivity index (χ3v) is 3.31. The minimum atomic E-state index is -0.590. The van der Waals surface area contributed by atoms with Crippen LogP contribution in [0, 0.1) is 6.92 Å². The maximum absolute atomic E-state index is 11.7. The number of carbonyl (C=O) groups is 1. The Bertz CT molecular complexity index is 599. The highest BCUT2D eigenvalue weighted by molar-refractivity contribution is 5.85. The first-order valence-corrected chi connectivity index (χ1v) is 5.58. The van der Waals surface area contributed by atoms with Crippen molar-refractivity contribution in [3.63, 3.8) is 0 Å². The van der Waals surface area contributed by atoms with Crippen molar-refractivity contribution < 1.29 is 9.53 Å². The summed E-state index contributed by atoms with van der Waals surface area (Å²) in [5.41, 5.74) is 1.26. The summed E-state index contributed by atoms with van der Waals surface area (Å²) >= 11 is 0. The van der Waals surface area contributed by atoms with Gasteiger partial charge in [-0.3, -0.25) is 4.79 Å². The summed E-state index contributed by atoms with van der Waals surface area (Å²) in [4.78, 5) is 16.2. The average Bonchev–Trinajstić information content (AvgIpc) is 3.02. The van der Waals surface area contributed by atoms with Crippen LogP contribution >= 0.6 is 0 Å². The molecule has 1 saturated carbocycles. The third kappa shape index (κ3) is 1.35. The predicted molar refractivity (Wildman–Crippen MR) is 60.7 cm³/mol. The van der Waals surface area contributed by atoms with Gasteiger partial charge in [-0.1, -0.05) is 6.07 Å². The fourth-order valence-corrected chi connectivity index (χ4v) is 2.08. The molecular weight excluding hydrogens is 218 g/mol. The smallest absolute Gasteiger partial charge is 0.319 e. The number of hydrogen-bond acceptors (Lipinski definition) is 4. The van der Waals surface area contributed by atoms with Crippen molar-refractivity contribution in [2.24, 2.45) is 0 Å². The molecule has 0 radical (unpaired) electrons. The lowest BCUT2D eigenvalue weighted by Gasteiger charge is -2.06. The monoisotopic (exact) mass is 231 g/mol. The van der Waals surface area contributed by atoms with E-state index in [0.29, 0.717) is 5.82 Å². The van der Waals surface area contributed by atoms with E-state index in [1.807, 2.05) is 25.3 Å². The fourth-order valence-electron chi connectivity index (χ4n) is 2.08. The van der Waals surface area contributed by atoms with E-state index in [9.17, 15) is 4.79 Å². The highest BCUT2D eigenvalue weighted by atomic mass is 16.5. The Kier molecular flexibility index (Phi) is 1.98. The minimum absolute atomic E-state index is 0.231. The van der Waals surface area contributed by atoms with Crippen LogP contribution in [0.1, 0.15) is 24.2 Å². The van der Waals surface area contributed by atoms with Crippen molar-refractivity contribution in [3.8, 4) is 0 Å². The molecule has 0 aromatic carbocycles. The zero-order valence-corrected chi connectivity index (χ0v) is 9.80. The molecule has 17 heavy (non-hydrogen) atoms. The molecule has 0 spiro atoms. The van der Waals surface area contributed by atoms with Gasteiger partial charge in [-0.2, -0.15) is 5.10 Å². The maximum atomic E-state index is 11.7. The van der Waals surface area contributed by atoms with Crippen molar-refractivity contribution in [2.75, 3.05) is 7.11 Å².